The number of carbonyl (C=O) groups is 2. The van der Waals surface area contributed by atoms with Gasteiger partial charge in [0.2, 0.25) is 5.91 Å². The predicted molar refractivity (Wildman–Crippen MR) is 90.6 cm³/mol. The summed E-state index contributed by atoms with van der Waals surface area (Å²) in [4.78, 5) is 28.6. The Morgan fingerprint density at radius 2 is 2.00 bits per heavy atom. The Balaban J connectivity index is 1.49. The molecule has 4 rings (SSSR count). The van der Waals surface area contributed by atoms with Gasteiger partial charge in [0.05, 0.1) is 13.1 Å². The fourth-order valence-electron chi connectivity index (χ4n) is 3.81. The Morgan fingerprint density at radius 1 is 1.21 bits per heavy atom. The van der Waals surface area contributed by atoms with Gasteiger partial charge in [-0.2, -0.15) is 0 Å². The van der Waals surface area contributed by atoms with Gasteiger partial charge in [-0.1, -0.05) is 18.2 Å². The van der Waals surface area contributed by atoms with Crippen molar-refractivity contribution in [3.63, 3.8) is 0 Å². The molecule has 1 unspecified atom stereocenters. The molecule has 2 saturated heterocycles. The Hall–Kier alpha value is -1.88. The van der Waals surface area contributed by atoms with E-state index < -0.39 is 5.60 Å². The fraction of sp³-hybridized carbons (Fsp3) is 0.579. The molecule has 0 bridgehead atoms. The van der Waals surface area contributed by atoms with Gasteiger partial charge in [-0.25, -0.2) is 0 Å². The molecule has 2 aliphatic heterocycles. The normalized spacial score (nSPS) is 27.6. The van der Waals surface area contributed by atoms with Gasteiger partial charge in [-0.05, 0) is 43.7 Å². The van der Waals surface area contributed by atoms with E-state index in [1.54, 1.807) is 0 Å². The molecule has 1 aliphatic carbocycles. The number of carbonyl (C=O) groups excluding carboxylic acids is 2. The Morgan fingerprint density at radius 3 is 2.75 bits per heavy atom. The third-order valence-corrected chi connectivity index (χ3v) is 5.37. The van der Waals surface area contributed by atoms with Crippen LogP contribution >= 0.6 is 0 Å². The molecule has 1 saturated carbocycles. The number of hydrogen-bond acceptors (Lipinski definition) is 3. The largest absolute Gasteiger partial charge is 0.361 e. The predicted octanol–water partition coefficient (Wildman–Crippen LogP) is 2.21. The van der Waals surface area contributed by atoms with Gasteiger partial charge in [-0.3, -0.25) is 9.59 Å². The third-order valence-electron chi connectivity index (χ3n) is 5.37. The van der Waals surface area contributed by atoms with Crippen LogP contribution in [-0.4, -0.2) is 48.6 Å². The molecule has 3 fully saturated rings. The fourth-order valence-corrected chi connectivity index (χ4v) is 3.81. The first kappa shape index (κ1) is 15.6. The van der Waals surface area contributed by atoms with Crippen molar-refractivity contribution in [2.75, 3.05) is 31.1 Å². The molecule has 24 heavy (non-hydrogen) atoms. The number of anilines is 1. The average Bonchev–Trinajstić information content (AvgIpc) is 3.42. The number of ether oxygens (including phenoxy) is 1. The van der Waals surface area contributed by atoms with Gasteiger partial charge in [0.15, 0.2) is 0 Å². The van der Waals surface area contributed by atoms with Crippen LogP contribution in [0.5, 0.6) is 0 Å². The maximum Gasteiger partial charge on any atom is 0.253 e. The van der Waals surface area contributed by atoms with Gasteiger partial charge in [-0.15, -0.1) is 0 Å². The highest BCUT2D eigenvalue weighted by atomic mass is 16.5. The van der Waals surface area contributed by atoms with Crippen molar-refractivity contribution in [2.45, 2.75) is 37.7 Å². The van der Waals surface area contributed by atoms with Crippen molar-refractivity contribution in [1.82, 2.24) is 4.90 Å². The van der Waals surface area contributed by atoms with Crippen LogP contribution in [0, 0.1) is 5.92 Å². The Kier molecular flexibility index (Phi) is 4.04. The second-order valence-electron chi connectivity index (χ2n) is 7.35. The molecule has 2 heterocycles. The zero-order valence-electron chi connectivity index (χ0n) is 13.9. The summed E-state index contributed by atoms with van der Waals surface area (Å²) in [5.74, 6) is 0.849. The minimum absolute atomic E-state index is 0.00624. The third kappa shape index (κ3) is 3.18. The van der Waals surface area contributed by atoms with Crippen molar-refractivity contribution in [1.29, 1.82) is 0 Å². The Labute approximate surface area is 142 Å². The molecule has 1 spiro atoms. The molecule has 1 aromatic carbocycles. The highest BCUT2D eigenvalue weighted by molar-refractivity contribution is 5.95. The van der Waals surface area contributed by atoms with Gasteiger partial charge in [0.1, 0.15) is 12.2 Å². The molecule has 128 valence electrons. The number of nitrogens with zero attached hydrogens (tertiary/aromatic N) is 2. The summed E-state index contributed by atoms with van der Waals surface area (Å²) in [6.07, 6.45) is 4.90. The van der Waals surface area contributed by atoms with Gasteiger partial charge < -0.3 is 14.5 Å². The first-order chi connectivity index (χ1) is 11.7. The number of hydrogen-bond donors (Lipinski definition) is 0. The van der Waals surface area contributed by atoms with Gasteiger partial charge in [0.25, 0.3) is 5.91 Å². The van der Waals surface area contributed by atoms with Crippen molar-refractivity contribution in [2.24, 2.45) is 5.92 Å². The maximum absolute atomic E-state index is 12.5. The summed E-state index contributed by atoms with van der Waals surface area (Å²) in [6.45, 7) is 2.05. The van der Waals surface area contributed by atoms with Crippen LogP contribution < -0.4 is 4.90 Å². The molecule has 2 amide bonds. The highest BCUT2D eigenvalue weighted by Gasteiger charge is 2.44. The van der Waals surface area contributed by atoms with E-state index in [0.29, 0.717) is 25.4 Å². The van der Waals surface area contributed by atoms with E-state index >= 15 is 0 Å². The van der Waals surface area contributed by atoms with E-state index in [9.17, 15) is 9.59 Å². The van der Waals surface area contributed by atoms with E-state index in [4.69, 9.17) is 4.74 Å². The summed E-state index contributed by atoms with van der Waals surface area (Å²) in [5, 5.41) is 0. The molecule has 0 radical (unpaired) electrons. The summed E-state index contributed by atoms with van der Waals surface area (Å²) in [6, 6.07) is 9.74. The van der Waals surface area contributed by atoms with Crippen molar-refractivity contribution >= 4 is 17.5 Å². The number of amides is 2. The second-order valence-corrected chi connectivity index (χ2v) is 7.35. The smallest absolute Gasteiger partial charge is 0.253 e. The number of para-hydroxylation sites is 1. The van der Waals surface area contributed by atoms with Crippen molar-refractivity contribution in [3.8, 4) is 0 Å². The quantitative estimate of drug-likeness (QED) is 0.855. The first-order valence-electron chi connectivity index (χ1n) is 8.92. The number of rotatable bonds is 3. The standard InChI is InChI=1S/C19H24N2O3/c22-17(11-15-7-8-15)20-10-4-9-19(13-20)14-21(18(23)12-24-19)16-5-2-1-3-6-16/h1-3,5-6,15H,4,7-14H2. The van der Waals surface area contributed by atoms with Crippen LogP contribution in [0.1, 0.15) is 32.1 Å². The second kappa shape index (κ2) is 6.20. The molecule has 5 nitrogen and oxygen atoms in total. The highest BCUT2D eigenvalue weighted by Crippen LogP contribution is 2.35. The molecule has 3 aliphatic rings. The van der Waals surface area contributed by atoms with Crippen LogP contribution in [0.3, 0.4) is 0 Å². The summed E-state index contributed by atoms with van der Waals surface area (Å²) < 4.78 is 5.99. The number of piperidine rings is 1. The minimum Gasteiger partial charge on any atom is -0.361 e. The van der Waals surface area contributed by atoms with Crippen LogP contribution in [0.2, 0.25) is 0 Å². The van der Waals surface area contributed by atoms with Crippen LogP contribution in [0.15, 0.2) is 30.3 Å². The maximum atomic E-state index is 12.5. The van der Waals surface area contributed by atoms with E-state index in [2.05, 4.69) is 0 Å². The lowest BCUT2D eigenvalue weighted by molar-refractivity contribution is -0.153. The number of likely N-dealkylation sites (tertiary alicyclic amines) is 1. The lowest BCUT2D eigenvalue weighted by Crippen LogP contribution is -2.62. The summed E-state index contributed by atoms with van der Waals surface area (Å²) in [5.41, 5.74) is 0.493. The SMILES string of the molecule is O=C(CC1CC1)N1CCCC2(C1)CN(c1ccccc1)C(=O)CO2. The lowest BCUT2D eigenvalue weighted by Gasteiger charge is -2.47. The number of benzene rings is 1. The van der Waals surface area contributed by atoms with E-state index in [0.717, 1.165) is 25.1 Å². The topological polar surface area (TPSA) is 49.9 Å². The van der Waals surface area contributed by atoms with E-state index in [-0.39, 0.29) is 18.4 Å². The molecule has 0 N–H and O–H groups in total. The summed E-state index contributed by atoms with van der Waals surface area (Å²) in [7, 11) is 0. The van der Waals surface area contributed by atoms with Gasteiger partial charge >= 0.3 is 0 Å². The van der Waals surface area contributed by atoms with Gasteiger partial charge in [0, 0.05) is 18.7 Å². The van der Waals surface area contributed by atoms with Crippen molar-refractivity contribution in [3.05, 3.63) is 30.3 Å². The summed E-state index contributed by atoms with van der Waals surface area (Å²) >= 11 is 0. The first-order valence-corrected chi connectivity index (χ1v) is 8.92. The molecular formula is C19H24N2O3. The van der Waals surface area contributed by atoms with E-state index in [1.165, 1.54) is 12.8 Å². The average molecular weight is 328 g/mol. The van der Waals surface area contributed by atoms with Crippen LogP contribution in [0.25, 0.3) is 0 Å². The van der Waals surface area contributed by atoms with Crippen LogP contribution in [-0.2, 0) is 14.3 Å². The van der Waals surface area contributed by atoms with Crippen LogP contribution in [0.4, 0.5) is 5.69 Å². The minimum atomic E-state index is -0.415. The number of morpholine rings is 1. The van der Waals surface area contributed by atoms with E-state index in [1.807, 2.05) is 40.1 Å². The van der Waals surface area contributed by atoms with Crippen molar-refractivity contribution < 1.29 is 14.3 Å². The molecule has 5 heteroatoms. The molecule has 1 atom stereocenters. The zero-order chi connectivity index (χ0) is 16.6. The molecular weight excluding hydrogens is 304 g/mol. The molecule has 0 aromatic heterocycles. The molecule has 1 aromatic rings. The monoisotopic (exact) mass is 328 g/mol. The Bertz CT molecular complexity index is 629. The zero-order valence-corrected chi connectivity index (χ0v) is 13.9. The lowest BCUT2D eigenvalue weighted by atomic mass is 9.90.